The monoisotopic (exact) mass is 287 g/mol. The van der Waals surface area contributed by atoms with E-state index in [9.17, 15) is 4.39 Å². The molecule has 1 aliphatic rings. The topological polar surface area (TPSA) is 42.1 Å². The summed E-state index contributed by atoms with van der Waals surface area (Å²) in [6, 6.07) is 0.187. The van der Waals surface area contributed by atoms with Crippen molar-refractivity contribution < 1.29 is 4.39 Å². The van der Waals surface area contributed by atoms with Crippen LogP contribution in [0.4, 0.5) is 4.39 Å². The van der Waals surface area contributed by atoms with Crippen molar-refractivity contribution in [3.8, 4) is 0 Å². The fraction of sp³-hybridized carbons (Fsp3) is 0.667. The number of nitrogens with two attached hydrogens (primary N) is 1. The minimum absolute atomic E-state index is 0. The maximum absolute atomic E-state index is 13.1. The first-order chi connectivity index (χ1) is 6.79. The molecule has 0 aromatic carbocycles. The van der Waals surface area contributed by atoms with E-state index in [1.165, 1.54) is 0 Å². The van der Waals surface area contributed by atoms with Crippen LogP contribution in [0, 0.1) is 0 Å². The van der Waals surface area contributed by atoms with Gasteiger partial charge < -0.3 is 5.73 Å². The van der Waals surface area contributed by atoms with Crippen molar-refractivity contribution in [2.24, 2.45) is 5.73 Å². The van der Waals surface area contributed by atoms with Crippen LogP contribution in [0.2, 0.25) is 0 Å². The average molecular weight is 288 g/mol. The fourth-order valence-electron chi connectivity index (χ4n) is 1.89. The van der Waals surface area contributed by atoms with E-state index in [1.54, 1.807) is 16.8 Å². The van der Waals surface area contributed by atoms with Gasteiger partial charge in [0, 0.05) is 31.1 Å². The van der Waals surface area contributed by atoms with E-state index in [-0.39, 0.29) is 30.9 Å². The number of hydrogen-bond acceptors (Lipinski definition) is 4. The highest BCUT2D eigenvalue weighted by molar-refractivity contribution is 7.07. The first kappa shape index (κ1) is 16.1. The molecule has 0 saturated carbocycles. The summed E-state index contributed by atoms with van der Waals surface area (Å²) in [5, 5.41) is 2.00. The minimum atomic E-state index is -0.720. The Labute approximate surface area is 111 Å². The summed E-state index contributed by atoms with van der Waals surface area (Å²) >= 11 is 1.57. The lowest BCUT2D eigenvalue weighted by Gasteiger charge is -2.21. The molecule has 1 aliphatic heterocycles. The van der Waals surface area contributed by atoms with Gasteiger partial charge in [-0.3, -0.25) is 4.90 Å². The number of nitrogens with zero attached hydrogens (tertiary/aromatic N) is 2. The van der Waals surface area contributed by atoms with Crippen LogP contribution in [0.3, 0.4) is 0 Å². The molecular formula is C9H16Cl2FN3S. The van der Waals surface area contributed by atoms with Crippen molar-refractivity contribution >= 4 is 36.2 Å². The highest BCUT2D eigenvalue weighted by Gasteiger charge is 2.31. The smallest absolute Gasteiger partial charge is 0.114 e. The SMILES string of the molecule is Cl.Cl.NC[C@@H]1C[C@H](F)CN1Cc1cscn1. The molecule has 1 aromatic heterocycles. The Morgan fingerprint density at radius 2 is 2.31 bits per heavy atom. The van der Waals surface area contributed by atoms with Crippen LogP contribution in [0.5, 0.6) is 0 Å². The zero-order chi connectivity index (χ0) is 9.97. The van der Waals surface area contributed by atoms with Crippen molar-refractivity contribution in [2.45, 2.75) is 25.2 Å². The number of likely N-dealkylation sites (tertiary alicyclic amines) is 1. The largest absolute Gasteiger partial charge is 0.329 e. The summed E-state index contributed by atoms with van der Waals surface area (Å²) in [5.74, 6) is 0. The Balaban J connectivity index is 0.00000112. The number of thiazole rings is 1. The average Bonchev–Trinajstić information content (AvgIpc) is 2.76. The zero-order valence-electron chi connectivity index (χ0n) is 8.71. The highest BCUT2D eigenvalue weighted by Crippen LogP contribution is 2.21. The standard InChI is InChI=1S/C9H14FN3S.2ClH/c10-7-1-9(2-11)13(3-7)4-8-5-14-6-12-8;;/h5-7,9H,1-4,11H2;2*1H/t7-,9-;;/m0../s1. The first-order valence-corrected chi connectivity index (χ1v) is 5.69. The Hall–Kier alpha value is 0.0600. The molecule has 2 heterocycles. The van der Waals surface area contributed by atoms with E-state index in [0.29, 0.717) is 19.5 Å². The van der Waals surface area contributed by atoms with E-state index in [0.717, 1.165) is 12.2 Å². The third kappa shape index (κ3) is 3.82. The van der Waals surface area contributed by atoms with Crippen LogP contribution in [-0.2, 0) is 6.54 Å². The molecule has 94 valence electrons. The lowest BCUT2D eigenvalue weighted by atomic mass is 10.2. The van der Waals surface area contributed by atoms with E-state index >= 15 is 0 Å². The van der Waals surface area contributed by atoms with Crippen LogP contribution in [0.15, 0.2) is 10.9 Å². The van der Waals surface area contributed by atoms with Gasteiger partial charge in [-0.25, -0.2) is 9.37 Å². The minimum Gasteiger partial charge on any atom is -0.329 e. The molecule has 2 atom stereocenters. The zero-order valence-corrected chi connectivity index (χ0v) is 11.2. The number of alkyl halides is 1. The molecule has 7 heteroatoms. The van der Waals surface area contributed by atoms with E-state index in [4.69, 9.17) is 5.73 Å². The Morgan fingerprint density at radius 3 is 2.88 bits per heavy atom. The first-order valence-electron chi connectivity index (χ1n) is 4.75. The van der Waals surface area contributed by atoms with Gasteiger partial charge in [0.1, 0.15) is 6.17 Å². The summed E-state index contributed by atoms with van der Waals surface area (Å²) in [6.45, 7) is 1.76. The Morgan fingerprint density at radius 1 is 1.56 bits per heavy atom. The second kappa shape index (κ2) is 7.40. The second-order valence-electron chi connectivity index (χ2n) is 3.63. The summed E-state index contributed by atoms with van der Waals surface area (Å²) < 4.78 is 13.1. The van der Waals surface area contributed by atoms with Crippen molar-refractivity contribution in [1.82, 2.24) is 9.88 Å². The summed E-state index contributed by atoms with van der Waals surface area (Å²) in [4.78, 5) is 6.27. The fourth-order valence-corrected chi connectivity index (χ4v) is 2.43. The lowest BCUT2D eigenvalue weighted by molar-refractivity contribution is 0.236. The quantitative estimate of drug-likeness (QED) is 0.923. The van der Waals surface area contributed by atoms with Gasteiger partial charge in [0.05, 0.1) is 11.2 Å². The molecule has 2 N–H and O–H groups in total. The molecule has 2 rings (SSSR count). The van der Waals surface area contributed by atoms with Crippen molar-refractivity contribution in [3.63, 3.8) is 0 Å². The van der Waals surface area contributed by atoms with Gasteiger partial charge in [-0.05, 0) is 6.42 Å². The van der Waals surface area contributed by atoms with Gasteiger partial charge >= 0.3 is 0 Å². The van der Waals surface area contributed by atoms with Crippen molar-refractivity contribution in [2.75, 3.05) is 13.1 Å². The van der Waals surface area contributed by atoms with Crippen LogP contribution in [-0.4, -0.2) is 35.2 Å². The maximum Gasteiger partial charge on any atom is 0.114 e. The number of rotatable bonds is 3. The Bertz CT molecular complexity index is 286. The molecule has 1 aromatic rings. The summed E-state index contributed by atoms with van der Waals surface area (Å²) in [6.07, 6.45) is -0.150. The molecule has 0 spiro atoms. The lowest BCUT2D eigenvalue weighted by Crippen LogP contribution is -2.34. The molecule has 0 radical (unpaired) electrons. The summed E-state index contributed by atoms with van der Waals surface area (Å²) in [7, 11) is 0. The van der Waals surface area contributed by atoms with E-state index in [1.807, 2.05) is 5.38 Å². The highest BCUT2D eigenvalue weighted by atomic mass is 35.5. The van der Waals surface area contributed by atoms with Gasteiger partial charge in [-0.2, -0.15) is 0 Å². The predicted molar refractivity (Wildman–Crippen MR) is 69.4 cm³/mol. The van der Waals surface area contributed by atoms with Crippen molar-refractivity contribution in [3.05, 3.63) is 16.6 Å². The predicted octanol–water partition coefficient (Wildman–Crippen LogP) is 1.86. The van der Waals surface area contributed by atoms with Crippen LogP contribution in [0.1, 0.15) is 12.1 Å². The van der Waals surface area contributed by atoms with Crippen LogP contribution >= 0.6 is 36.2 Å². The third-order valence-corrected chi connectivity index (χ3v) is 3.23. The number of halogens is 3. The number of hydrogen-bond donors (Lipinski definition) is 1. The molecule has 3 nitrogen and oxygen atoms in total. The molecule has 0 unspecified atom stereocenters. The van der Waals surface area contributed by atoms with Crippen molar-refractivity contribution in [1.29, 1.82) is 0 Å². The van der Waals surface area contributed by atoms with Gasteiger partial charge in [0.25, 0.3) is 0 Å². The molecule has 16 heavy (non-hydrogen) atoms. The molecular weight excluding hydrogens is 272 g/mol. The molecule has 0 bridgehead atoms. The van der Waals surface area contributed by atoms with Gasteiger partial charge in [-0.1, -0.05) is 0 Å². The van der Waals surface area contributed by atoms with Crippen LogP contribution in [0.25, 0.3) is 0 Å². The third-order valence-electron chi connectivity index (χ3n) is 2.60. The molecule has 1 saturated heterocycles. The summed E-state index contributed by atoms with van der Waals surface area (Å²) in [5.41, 5.74) is 8.41. The Kier molecular flexibility index (Phi) is 7.43. The molecule has 0 amide bonds. The normalized spacial score (nSPS) is 24.9. The van der Waals surface area contributed by atoms with E-state index < -0.39 is 6.17 Å². The van der Waals surface area contributed by atoms with E-state index in [2.05, 4.69) is 9.88 Å². The van der Waals surface area contributed by atoms with Crippen LogP contribution < -0.4 is 5.73 Å². The molecule has 0 aliphatic carbocycles. The number of aromatic nitrogens is 1. The second-order valence-corrected chi connectivity index (χ2v) is 4.35. The van der Waals surface area contributed by atoms with Gasteiger partial charge in [0.2, 0.25) is 0 Å². The molecule has 1 fully saturated rings. The van der Waals surface area contributed by atoms with Gasteiger partial charge in [-0.15, -0.1) is 36.2 Å². The van der Waals surface area contributed by atoms with Gasteiger partial charge in [0.15, 0.2) is 0 Å². The maximum atomic E-state index is 13.1.